The molecular weight excluding hydrogens is 164 g/mol. The first-order valence-corrected chi connectivity index (χ1v) is 3.48. The molecule has 1 N–H and O–H groups in total. The van der Waals surface area contributed by atoms with E-state index in [0.29, 0.717) is 10.8 Å². The molecule has 2 rings (SSSR count). The largest absolute Gasteiger partial charge is 0.259 e. The van der Waals surface area contributed by atoms with E-state index >= 15 is 0 Å². The molecule has 0 amide bonds. The summed E-state index contributed by atoms with van der Waals surface area (Å²) in [5.41, 5.74) is 1.58. The van der Waals surface area contributed by atoms with Crippen molar-refractivity contribution in [1.29, 1.82) is 0 Å². The zero-order chi connectivity index (χ0) is 7.84. The van der Waals surface area contributed by atoms with Gasteiger partial charge < -0.3 is 0 Å². The van der Waals surface area contributed by atoms with Gasteiger partial charge >= 0.3 is 0 Å². The highest BCUT2D eigenvalue weighted by Crippen LogP contribution is 2.18. The van der Waals surface area contributed by atoms with Crippen molar-refractivity contribution in [3.8, 4) is 0 Å². The van der Waals surface area contributed by atoms with Gasteiger partial charge in [0, 0.05) is 10.9 Å². The van der Waals surface area contributed by atoms with Crippen molar-refractivity contribution in [2.45, 2.75) is 6.92 Å². The summed E-state index contributed by atoms with van der Waals surface area (Å²) in [6.07, 6.45) is 1.69. The minimum Gasteiger partial charge on any atom is -0.259 e. The molecule has 56 valence electrons. The molecule has 0 aliphatic carbocycles. The average molecular weight is 169 g/mol. The number of halogens is 1. The number of nitrogens with zero attached hydrogens (tertiary/aromatic N) is 3. The van der Waals surface area contributed by atoms with Crippen molar-refractivity contribution in [2.75, 3.05) is 0 Å². The lowest BCUT2D eigenvalue weighted by Gasteiger charge is -1.93. The van der Waals surface area contributed by atoms with Crippen LogP contribution in [0, 0.1) is 6.92 Å². The van der Waals surface area contributed by atoms with Gasteiger partial charge in [-0.25, -0.2) is 0 Å². The van der Waals surface area contributed by atoms with Crippen LogP contribution in [0.2, 0.25) is 5.15 Å². The number of aromatic amines is 1. The van der Waals surface area contributed by atoms with Crippen molar-refractivity contribution >= 4 is 22.6 Å². The maximum atomic E-state index is 5.73. The van der Waals surface area contributed by atoms with Crippen LogP contribution in [0.25, 0.3) is 11.0 Å². The van der Waals surface area contributed by atoms with Crippen LogP contribution in [0.15, 0.2) is 6.20 Å². The Bertz CT molecular complexity index is 394. The summed E-state index contributed by atoms with van der Waals surface area (Å²) >= 11 is 5.73. The molecule has 0 aliphatic rings. The number of hydrogen-bond donors (Lipinski definition) is 1. The predicted octanol–water partition coefficient (Wildman–Crippen LogP) is 1.31. The molecule has 0 aliphatic heterocycles. The maximum absolute atomic E-state index is 5.73. The summed E-state index contributed by atoms with van der Waals surface area (Å²) in [5.74, 6) is 0. The molecule has 0 fully saturated rings. The zero-order valence-electron chi connectivity index (χ0n) is 5.80. The molecule has 2 aromatic heterocycles. The molecule has 11 heavy (non-hydrogen) atoms. The van der Waals surface area contributed by atoms with Gasteiger partial charge in [-0.05, 0) is 6.92 Å². The molecule has 0 spiro atoms. The number of aromatic nitrogens is 4. The number of hydrogen-bond acceptors (Lipinski definition) is 3. The molecule has 0 radical (unpaired) electrons. The fourth-order valence-corrected chi connectivity index (χ4v) is 1.05. The number of nitrogens with one attached hydrogen (secondary N) is 1. The van der Waals surface area contributed by atoms with Gasteiger partial charge in [-0.3, -0.25) is 5.10 Å². The van der Waals surface area contributed by atoms with Gasteiger partial charge in [0.25, 0.3) is 0 Å². The third kappa shape index (κ3) is 0.867. The van der Waals surface area contributed by atoms with Crippen LogP contribution in [0.3, 0.4) is 0 Å². The Hall–Kier alpha value is -1.16. The molecule has 0 saturated heterocycles. The minimum atomic E-state index is 0.430. The summed E-state index contributed by atoms with van der Waals surface area (Å²) in [6.45, 7) is 1.88. The third-order valence-electron chi connectivity index (χ3n) is 1.57. The van der Waals surface area contributed by atoms with Gasteiger partial charge in [-0.2, -0.15) is 5.10 Å². The van der Waals surface area contributed by atoms with E-state index in [0.717, 1.165) is 10.9 Å². The summed E-state index contributed by atoms with van der Waals surface area (Å²) in [5, 5.41) is 15.4. The lowest BCUT2D eigenvalue weighted by Crippen LogP contribution is -1.87. The molecule has 0 bridgehead atoms. The second-order valence-electron chi connectivity index (χ2n) is 2.25. The summed E-state index contributed by atoms with van der Waals surface area (Å²) in [6, 6.07) is 0. The smallest absolute Gasteiger partial charge is 0.178 e. The zero-order valence-corrected chi connectivity index (χ0v) is 6.55. The van der Waals surface area contributed by atoms with Crippen molar-refractivity contribution in [3.05, 3.63) is 16.9 Å². The van der Waals surface area contributed by atoms with E-state index in [2.05, 4.69) is 20.4 Å². The molecule has 2 aromatic rings. The van der Waals surface area contributed by atoms with Crippen LogP contribution in [-0.4, -0.2) is 20.4 Å². The number of H-pyrrole nitrogens is 1. The molecule has 5 heteroatoms. The van der Waals surface area contributed by atoms with E-state index < -0.39 is 0 Å². The average Bonchev–Trinajstić information content (AvgIpc) is 2.45. The molecule has 0 unspecified atom stereocenters. The second-order valence-corrected chi connectivity index (χ2v) is 2.61. The Balaban J connectivity index is 2.93. The molecule has 0 aromatic carbocycles. The summed E-state index contributed by atoms with van der Waals surface area (Å²) in [4.78, 5) is 0. The topological polar surface area (TPSA) is 54.5 Å². The highest BCUT2D eigenvalue weighted by atomic mass is 35.5. The Morgan fingerprint density at radius 2 is 2.27 bits per heavy atom. The normalized spacial score (nSPS) is 10.7. The van der Waals surface area contributed by atoms with E-state index in [1.165, 1.54) is 0 Å². The van der Waals surface area contributed by atoms with Gasteiger partial charge in [0.1, 0.15) is 0 Å². The Kier molecular flexibility index (Phi) is 1.29. The van der Waals surface area contributed by atoms with Gasteiger partial charge in [0.05, 0.1) is 6.20 Å². The number of aryl methyl sites for hydroxylation is 1. The van der Waals surface area contributed by atoms with Crippen molar-refractivity contribution in [3.63, 3.8) is 0 Å². The number of rotatable bonds is 0. The summed E-state index contributed by atoms with van der Waals surface area (Å²) < 4.78 is 0. The predicted molar refractivity (Wildman–Crippen MR) is 41.4 cm³/mol. The van der Waals surface area contributed by atoms with Gasteiger partial charge in [-0.1, -0.05) is 11.6 Å². The fraction of sp³-hybridized carbons (Fsp3) is 0.167. The molecule has 4 nitrogen and oxygen atoms in total. The first kappa shape index (κ1) is 6.54. The standard InChI is InChI=1S/C6H5ClN4/c1-3-4-2-8-10-6(4)11-9-5(3)7/h2H,1H3,(H,8,10,11). The van der Waals surface area contributed by atoms with Crippen LogP contribution < -0.4 is 0 Å². The SMILES string of the molecule is Cc1c(Cl)nnc2[nH]ncc12. The van der Waals surface area contributed by atoms with E-state index in [-0.39, 0.29) is 0 Å². The van der Waals surface area contributed by atoms with Gasteiger partial charge in [0.15, 0.2) is 10.8 Å². The lowest BCUT2D eigenvalue weighted by atomic mass is 10.2. The summed E-state index contributed by atoms with van der Waals surface area (Å²) in [7, 11) is 0. The first-order chi connectivity index (χ1) is 5.29. The Morgan fingerprint density at radius 3 is 3.09 bits per heavy atom. The molecule has 2 heterocycles. The van der Waals surface area contributed by atoms with Gasteiger partial charge in [-0.15, -0.1) is 10.2 Å². The van der Waals surface area contributed by atoms with Gasteiger partial charge in [0.2, 0.25) is 0 Å². The maximum Gasteiger partial charge on any atom is 0.178 e. The first-order valence-electron chi connectivity index (χ1n) is 3.11. The highest BCUT2D eigenvalue weighted by Gasteiger charge is 2.04. The Labute approximate surface area is 67.6 Å². The highest BCUT2D eigenvalue weighted by molar-refractivity contribution is 6.30. The van der Waals surface area contributed by atoms with E-state index in [1.54, 1.807) is 6.20 Å². The van der Waals surface area contributed by atoms with Crippen molar-refractivity contribution in [1.82, 2.24) is 20.4 Å². The van der Waals surface area contributed by atoms with Crippen LogP contribution in [0.4, 0.5) is 0 Å². The fourth-order valence-electron chi connectivity index (χ4n) is 0.910. The lowest BCUT2D eigenvalue weighted by molar-refractivity contribution is 1.02. The molecule has 0 atom stereocenters. The van der Waals surface area contributed by atoms with Crippen molar-refractivity contribution in [2.24, 2.45) is 0 Å². The van der Waals surface area contributed by atoms with E-state index in [1.807, 2.05) is 6.92 Å². The molecular formula is C6H5ClN4. The van der Waals surface area contributed by atoms with Crippen LogP contribution >= 0.6 is 11.6 Å². The van der Waals surface area contributed by atoms with Crippen LogP contribution in [-0.2, 0) is 0 Å². The second kappa shape index (κ2) is 2.17. The van der Waals surface area contributed by atoms with Crippen molar-refractivity contribution < 1.29 is 0 Å². The Morgan fingerprint density at radius 1 is 1.45 bits per heavy atom. The minimum absolute atomic E-state index is 0.430. The quantitative estimate of drug-likeness (QED) is 0.646. The third-order valence-corrected chi connectivity index (χ3v) is 1.93. The number of fused-ring (bicyclic) bond motifs is 1. The van der Waals surface area contributed by atoms with Crippen LogP contribution in [0.5, 0.6) is 0 Å². The van der Waals surface area contributed by atoms with Crippen LogP contribution in [0.1, 0.15) is 5.56 Å². The van der Waals surface area contributed by atoms with E-state index in [9.17, 15) is 0 Å². The van der Waals surface area contributed by atoms with E-state index in [4.69, 9.17) is 11.6 Å². The monoisotopic (exact) mass is 168 g/mol. The molecule has 0 saturated carbocycles.